The summed E-state index contributed by atoms with van der Waals surface area (Å²) in [6.45, 7) is 0. The van der Waals surface area contributed by atoms with Gasteiger partial charge in [-0.15, -0.1) is 0 Å². The van der Waals surface area contributed by atoms with Crippen molar-refractivity contribution >= 4 is 38.3 Å². The highest BCUT2D eigenvalue weighted by Gasteiger charge is 2.72. The van der Waals surface area contributed by atoms with Gasteiger partial charge >= 0.3 is 12.4 Å². The van der Waals surface area contributed by atoms with Crippen LogP contribution in [0.1, 0.15) is 15.9 Å². The standard InChI is InChI=1S/C20H12BrF6NO2/c21-13-8-5-12(6-9-13)17(29)28-16-14-4-2-1-3-11(14)7-10-15(16)18(30,19(22,23)24)20(25,26)27/h1-10,30H,(H,28,29). The number of rotatable bonds is 3. The maximum absolute atomic E-state index is 13.5. The first-order chi connectivity index (χ1) is 13.9. The van der Waals surface area contributed by atoms with Gasteiger partial charge in [-0.25, -0.2) is 0 Å². The Bertz CT molecular complexity index is 1080. The molecule has 3 nitrogen and oxygen atoms in total. The molecule has 0 aliphatic rings. The molecule has 0 spiro atoms. The first kappa shape index (κ1) is 22.1. The Morgan fingerprint density at radius 1 is 0.833 bits per heavy atom. The summed E-state index contributed by atoms with van der Waals surface area (Å²) in [5.74, 6) is -0.938. The van der Waals surface area contributed by atoms with Gasteiger partial charge in [0.05, 0.1) is 5.69 Å². The topological polar surface area (TPSA) is 49.3 Å². The molecule has 3 aromatic carbocycles. The lowest BCUT2D eigenvalue weighted by Gasteiger charge is -2.34. The number of fused-ring (bicyclic) bond motifs is 1. The second-order valence-electron chi connectivity index (χ2n) is 6.38. The molecule has 10 heteroatoms. The van der Waals surface area contributed by atoms with Crippen LogP contribution in [-0.4, -0.2) is 23.4 Å². The van der Waals surface area contributed by atoms with Gasteiger partial charge in [0.2, 0.25) is 0 Å². The summed E-state index contributed by atoms with van der Waals surface area (Å²) in [5, 5.41) is 12.2. The highest BCUT2D eigenvalue weighted by atomic mass is 79.9. The third-order valence-electron chi connectivity index (χ3n) is 4.48. The second-order valence-corrected chi connectivity index (χ2v) is 7.29. The number of nitrogens with one attached hydrogen (secondary N) is 1. The molecule has 2 N–H and O–H groups in total. The van der Waals surface area contributed by atoms with Crippen molar-refractivity contribution in [2.75, 3.05) is 5.32 Å². The summed E-state index contributed by atoms with van der Waals surface area (Å²) in [4.78, 5) is 12.6. The molecular weight excluding hydrogens is 480 g/mol. The van der Waals surface area contributed by atoms with Crippen LogP contribution in [0.5, 0.6) is 0 Å². The molecule has 0 unspecified atom stereocenters. The van der Waals surface area contributed by atoms with Gasteiger partial charge in [0.1, 0.15) is 0 Å². The number of halogens is 7. The smallest absolute Gasteiger partial charge is 0.369 e. The van der Waals surface area contributed by atoms with E-state index >= 15 is 0 Å². The molecule has 0 saturated heterocycles. The number of benzene rings is 3. The van der Waals surface area contributed by atoms with Crippen molar-refractivity contribution in [2.24, 2.45) is 0 Å². The highest BCUT2D eigenvalue weighted by Crippen LogP contribution is 2.53. The van der Waals surface area contributed by atoms with E-state index in [1.54, 1.807) is 0 Å². The summed E-state index contributed by atoms with van der Waals surface area (Å²) in [6.07, 6.45) is -12.2. The largest absolute Gasteiger partial charge is 0.430 e. The van der Waals surface area contributed by atoms with Crippen molar-refractivity contribution in [3.8, 4) is 0 Å². The predicted octanol–water partition coefficient (Wildman–Crippen LogP) is 6.17. The van der Waals surface area contributed by atoms with Crippen LogP contribution in [0.15, 0.2) is 65.1 Å². The SMILES string of the molecule is O=C(Nc1c(C(O)(C(F)(F)F)C(F)(F)F)ccc2ccccc12)c1ccc(Br)cc1. The van der Waals surface area contributed by atoms with Gasteiger partial charge in [-0.1, -0.05) is 52.3 Å². The number of alkyl halides is 6. The van der Waals surface area contributed by atoms with Crippen molar-refractivity contribution in [3.05, 3.63) is 76.3 Å². The molecule has 0 aliphatic heterocycles. The van der Waals surface area contributed by atoms with Crippen molar-refractivity contribution in [3.63, 3.8) is 0 Å². The monoisotopic (exact) mass is 491 g/mol. The van der Waals surface area contributed by atoms with Gasteiger partial charge in [0.15, 0.2) is 0 Å². The van der Waals surface area contributed by atoms with Crippen molar-refractivity contribution in [1.29, 1.82) is 0 Å². The number of aliphatic hydroxyl groups is 1. The Kier molecular flexibility index (Phi) is 5.59. The molecule has 0 heterocycles. The third-order valence-corrected chi connectivity index (χ3v) is 5.01. The molecule has 1 amide bonds. The van der Waals surface area contributed by atoms with Crippen molar-refractivity contribution in [1.82, 2.24) is 0 Å². The maximum Gasteiger partial charge on any atom is 0.430 e. The Hall–Kier alpha value is -2.59. The Labute approximate surface area is 174 Å². The summed E-state index contributed by atoms with van der Waals surface area (Å²) in [5.41, 5.74) is -7.49. The molecule has 0 saturated carbocycles. The van der Waals surface area contributed by atoms with E-state index in [-0.39, 0.29) is 16.3 Å². The first-order valence-electron chi connectivity index (χ1n) is 8.31. The normalized spacial score (nSPS) is 12.8. The Morgan fingerprint density at radius 2 is 1.40 bits per heavy atom. The summed E-state index contributed by atoms with van der Waals surface area (Å²) in [6, 6.07) is 12.8. The molecule has 158 valence electrons. The van der Waals surface area contributed by atoms with E-state index in [0.29, 0.717) is 10.5 Å². The molecule has 30 heavy (non-hydrogen) atoms. The predicted molar refractivity (Wildman–Crippen MR) is 102 cm³/mol. The lowest BCUT2D eigenvalue weighted by molar-refractivity contribution is -0.375. The maximum atomic E-state index is 13.5. The number of carbonyl (C=O) groups excluding carboxylic acids is 1. The minimum absolute atomic E-state index is 0.000332. The zero-order valence-corrected chi connectivity index (χ0v) is 16.4. The van der Waals surface area contributed by atoms with Crippen LogP contribution in [-0.2, 0) is 5.60 Å². The summed E-state index contributed by atoms with van der Waals surface area (Å²) in [7, 11) is 0. The van der Waals surface area contributed by atoms with Crippen molar-refractivity contribution < 1.29 is 36.2 Å². The Morgan fingerprint density at radius 3 is 1.97 bits per heavy atom. The highest BCUT2D eigenvalue weighted by molar-refractivity contribution is 9.10. The molecule has 3 rings (SSSR count). The van der Waals surface area contributed by atoms with E-state index < -0.39 is 35.1 Å². The minimum Gasteiger partial charge on any atom is -0.369 e. The Balaban J connectivity index is 2.26. The van der Waals surface area contributed by atoms with Crippen LogP contribution in [0, 0.1) is 0 Å². The van der Waals surface area contributed by atoms with Gasteiger partial charge in [-0.3, -0.25) is 4.79 Å². The van der Waals surface area contributed by atoms with Gasteiger partial charge in [0, 0.05) is 21.0 Å². The molecule has 0 aromatic heterocycles. The number of amides is 1. The van der Waals surface area contributed by atoms with Crippen molar-refractivity contribution in [2.45, 2.75) is 18.0 Å². The lowest BCUT2D eigenvalue weighted by atomic mass is 9.88. The quantitative estimate of drug-likeness (QED) is 0.430. The van der Waals surface area contributed by atoms with Crippen LogP contribution in [0.2, 0.25) is 0 Å². The molecule has 3 aromatic rings. The zero-order valence-electron chi connectivity index (χ0n) is 14.8. The second kappa shape index (κ2) is 7.59. The number of anilines is 1. The van der Waals surface area contributed by atoms with Crippen LogP contribution in [0.3, 0.4) is 0 Å². The first-order valence-corrected chi connectivity index (χ1v) is 9.10. The fourth-order valence-electron chi connectivity index (χ4n) is 2.96. The number of hydrogen-bond acceptors (Lipinski definition) is 2. The van der Waals surface area contributed by atoms with E-state index in [4.69, 9.17) is 0 Å². The van der Waals surface area contributed by atoms with Crippen LogP contribution >= 0.6 is 15.9 Å². The molecule has 0 fully saturated rings. The van der Waals surface area contributed by atoms with E-state index in [9.17, 15) is 36.2 Å². The van der Waals surface area contributed by atoms with Crippen LogP contribution < -0.4 is 5.32 Å². The fourth-order valence-corrected chi connectivity index (χ4v) is 3.23. The van der Waals surface area contributed by atoms with E-state index in [2.05, 4.69) is 21.2 Å². The van der Waals surface area contributed by atoms with Gasteiger partial charge < -0.3 is 10.4 Å². The van der Waals surface area contributed by atoms with E-state index in [1.165, 1.54) is 48.5 Å². The van der Waals surface area contributed by atoms with Gasteiger partial charge in [0.25, 0.3) is 11.5 Å². The zero-order chi connectivity index (χ0) is 22.3. The average molecular weight is 492 g/mol. The molecule has 0 radical (unpaired) electrons. The van der Waals surface area contributed by atoms with E-state index in [1.807, 2.05) is 0 Å². The van der Waals surface area contributed by atoms with Crippen LogP contribution in [0.25, 0.3) is 10.8 Å². The molecule has 0 aliphatic carbocycles. The van der Waals surface area contributed by atoms with Crippen LogP contribution in [0.4, 0.5) is 32.0 Å². The average Bonchev–Trinajstić information content (AvgIpc) is 2.66. The minimum atomic E-state index is -6.09. The third kappa shape index (κ3) is 3.77. The summed E-state index contributed by atoms with van der Waals surface area (Å²) >= 11 is 3.16. The van der Waals surface area contributed by atoms with Gasteiger partial charge in [-0.2, -0.15) is 26.3 Å². The number of carbonyl (C=O) groups is 1. The van der Waals surface area contributed by atoms with Gasteiger partial charge in [-0.05, 0) is 29.7 Å². The molecular formula is C20H12BrF6NO2. The number of hydrogen-bond donors (Lipinski definition) is 2. The molecule has 0 bridgehead atoms. The fraction of sp³-hybridized carbons (Fsp3) is 0.150. The lowest BCUT2D eigenvalue weighted by Crippen LogP contribution is -2.54. The summed E-state index contributed by atoms with van der Waals surface area (Å²) < 4.78 is 81.5. The molecule has 0 atom stereocenters. The van der Waals surface area contributed by atoms with E-state index in [0.717, 1.165) is 6.07 Å².